The average molecular weight is 351 g/mol. The maximum atomic E-state index is 12.5. The van der Waals surface area contributed by atoms with Crippen LogP contribution in [-0.2, 0) is 14.3 Å². The summed E-state index contributed by atoms with van der Waals surface area (Å²) in [4.78, 5) is 24.6. The van der Waals surface area contributed by atoms with E-state index in [1.807, 2.05) is 13.0 Å². The monoisotopic (exact) mass is 351 g/mol. The van der Waals surface area contributed by atoms with Crippen LogP contribution in [0.4, 0.5) is 0 Å². The van der Waals surface area contributed by atoms with Crippen LogP contribution in [0, 0.1) is 11.8 Å². The van der Waals surface area contributed by atoms with Crippen LogP contribution in [0.15, 0.2) is 12.2 Å². The number of fused-ring (bicyclic) bond motifs is 1. The van der Waals surface area contributed by atoms with E-state index in [0.29, 0.717) is 19.3 Å². The van der Waals surface area contributed by atoms with Gasteiger partial charge in [-0.2, -0.15) is 0 Å². The normalized spacial score (nSPS) is 37.5. The third kappa shape index (κ3) is 2.89. The second kappa shape index (κ2) is 6.72. The summed E-state index contributed by atoms with van der Waals surface area (Å²) in [6.07, 6.45) is 7.41. The largest absolute Gasteiger partial charge is 0.454 e. The number of rotatable bonds is 7. The van der Waals surface area contributed by atoms with E-state index in [2.05, 4.69) is 11.4 Å². The maximum Gasteiger partial charge on any atom is 0.337 e. The predicted molar refractivity (Wildman–Crippen MR) is 91.5 cm³/mol. The van der Waals surface area contributed by atoms with Gasteiger partial charge in [-0.3, -0.25) is 4.79 Å². The Labute approximate surface area is 148 Å². The standard InChI is InChI=1S/C19H29NO5/c1-3-13(21)9-10-14(16(23)12-7-5-4-6-8-12)19-17(24)25-18(19,2)11-15(22)20-19/h5,7,12-14,16,21,23H,3-4,6,8-11H2,1-2H3,(H,20,22)/t12?,13?,14?,16-,18-,19-/m0/s1. The average Bonchev–Trinajstić information content (AvgIpc) is 2.81. The highest BCUT2D eigenvalue weighted by molar-refractivity contribution is 6.00. The molecule has 1 aliphatic carbocycles. The third-order valence-corrected chi connectivity index (χ3v) is 6.29. The minimum atomic E-state index is -1.18. The van der Waals surface area contributed by atoms with Crippen LogP contribution in [0.1, 0.15) is 58.8 Å². The van der Waals surface area contributed by atoms with Gasteiger partial charge in [-0.15, -0.1) is 0 Å². The van der Waals surface area contributed by atoms with Gasteiger partial charge >= 0.3 is 5.97 Å². The highest BCUT2D eigenvalue weighted by Gasteiger charge is 2.75. The fourth-order valence-electron chi connectivity index (χ4n) is 4.74. The van der Waals surface area contributed by atoms with Gasteiger partial charge in [0.05, 0.1) is 18.6 Å². The number of aliphatic hydroxyl groups is 2. The van der Waals surface area contributed by atoms with E-state index in [1.54, 1.807) is 6.92 Å². The van der Waals surface area contributed by atoms with E-state index < -0.39 is 35.2 Å². The predicted octanol–water partition coefficient (Wildman–Crippen LogP) is 1.45. The number of amides is 1. The van der Waals surface area contributed by atoms with Gasteiger partial charge in [0.25, 0.3) is 0 Å². The molecule has 140 valence electrons. The Hall–Kier alpha value is -1.40. The molecule has 2 fully saturated rings. The van der Waals surface area contributed by atoms with Crippen molar-refractivity contribution in [2.75, 3.05) is 0 Å². The SMILES string of the molecule is CCC(O)CCC([C@@H](O)C1C=CCCC1)[C@@]12NC(=O)C[C@]1(C)OC2=O. The Balaban J connectivity index is 1.90. The topological polar surface area (TPSA) is 95.9 Å². The van der Waals surface area contributed by atoms with Crippen LogP contribution in [0.2, 0.25) is 0 Å². The molecule has 3 N–H and O–H groups in total. The molecule has 0 aromatic rings. The molecule has 0 spiro atoms. The Bertz CT molecular complexity index is 576. The van der Waals surface area contributed by atoms with Crippen molar-refractivity contribution >= 4 is 11.9 Å². The van der Waals surface area contributed by atoms with E-state index in [-0.39, 0.29) is 18.2 Å². The van der Waals surface area contributed by atoms with Crippen LogP contribution < -0.4 is 5.32 Å². The lowest BCUT2D eigenvalue weighted by atomic mass is 9.62. The summed E-state index contributed by atoms with van der Waals surface area (Å²) in [5.41, 5.74) is -2.09. The zero-order valence-corrected chi connectivity index (χ0v) is 15.0. The Morgan fingerprint density at radius 1 is 1.36 bits per heavy atom. The molecule has 0 radical (unpaired) electrons. The smallest absolute Gasteiger partial charge is 0.337 e. The van der Waals surface area contributed by atoms with Crippen molar-refractivity contribution in [2.24, 2.45) is 11.8 Å². The minimum absolute atomic E-state index is 0.0398. The van der Waals surface area contributed by atoms with Crippen LogP contribution >= 0.6 is 0 Å². The van der Waals surface area contributed by atoms with Gasteiger partial charge in [-0.1, -0.05) is 19.1 Å². The summed E-state index contributed by atoms with van der Waals surface area (Å²) in [5.74, 6) is -1.20. The van der Waals surface area contributed by atoms with Crippen molar-refractivity contribution < 1.29 is 24.5 Å². The molecule has 0 bridgehead atoms. The molecule has 3 rings (SSSR count). The van der Waals surface area contributed by atoms with Crippen LogP contribution in [0.3, 0.4) is 0 Å². The van der Waals surface area contributed by atoms with Gasteiger partial charge in [-0.05, 0) is 45.4 Å². The zero-order chi connectivity index (χ0) is 18.2. The lowest BCUT2D eigenvalue weighted by Crippen LogP contribution is -2.77. The highest BCUT2D eigenvalue weighted by Crippen LogP contribution is 2.52. The van der Waals surface area contributed by atoms with Gasteiger partial charge < -0.3 is 20.3 Å². The quantitative estimate of drug-likeness (QED) is 0.476. The summed E-state index contributed by atoms with van der Waals surface area (Å²) < 4.78 is 5.36. The molecule has 6 heteroatoms. The van der Waals surface area contributed by atoms with Crippen molar-refractivity contribution in [3.8, 4) is 0 Å². The third-order valence-electron chi connectivity index (χ3n) is 6.29. The molecule has 1 amide bonds. The molecule has 3 aliphatic rings. The summed E-state index contributed by atoms with van der Waals surface area (Å²) in [6, 6.07) is 0. The first-order valence-corrected chi connectivity index (χ1v) is 9.41. The molecule has 2 saturated heterocycles. The maximum absolute atomic E-state index is 12.5. The summed E-state index contributed by atoms with van der Waals surface area (Å²) in [5, 5.41) is 24.0. The molecule has 2 heterocycles. The van der Waals surface area contributed by atoms with Crippen molar-refractivity contribution in [2.45, 2.75) is 82.1 Å². The molecule has 0 aromatic heterocycles. The number of esters is 1. The van der Waals surface area contributed by atoms with Gasteiger partial charge in [-0.25, -0.2) is 4.79 Å². The van der Waals surface area contributed by atoms with E-state index in [0.717, 1.165) is 19.3 Å². The Morgan fingerprint density at radius 2 is 2.12 bits per heavy atom. The van der Waals surface area contributed by atoms with Crippen LogP contribution in [0.5, 0.6) is 0 Å². The molecule has 6 nitrogen and oxygen atoms in total. The first-order chi connectivity index (χ1) is 11.8. The minimum Gasteiger partial charge on any atom is -0.454 e. The van der Waals surface area contributed by atoms with E-state index >= 15 is 0 Å². The van der Waals surface area contributed by atoms with E-state index in [1.165, 1.54) is 0 Å². The van der Waals surface area contributed by atoms with Crippen molar-refractivity contribution in [1.82, 2.24) is 5.32 Å². The number of carbonyl (C=O) groups is 2. The summed E-state index contributed by atoms with van der Waals surface area (Å²) in [7, 11) is 0. The zero-order valence-electron chi connectivity index (χ0n) is 15.0. The number of hydrogen-bond donors (Lipinski definition) is 3. The van der Waals surface area contributed by atoms with Gasteiger partial charge in [0.2, 0.25) is 5.91 Å². The Kier molecular flexibility index (Phi) is 4.95. The fourth-order valence-corrected chi connectivity index (χ4v) is 4.74. The van der Waals surface area contributed by atoms with Crippen LogP contribution in [-0.4, -0.2) is 45.4 Å². The number of hydrogen-bond acceptors (Lipinski definition) is 5. The summed E-state index contributed by atoms with van der Waals surface area (Å²) in [6.45, 7) is 3.66. The van der Waals surface area contributed by atoms with Crippen molar-refractivity contribution in [1.29, 1.82) is 0 Å². The molecular weight excluding hydrogens is 322 g/mol. The Morgan fingerprint density at radius 3 is 2.68 bits per heavy atom. The van der Waals surface area contributed by atoms with Crippen molar-refractivity contribution in [3.05, 3.63) is 12.2 Å². The number of nitrogens with one attached hydrogen (secondary N) is 1. The van der Waals surface area contributed by atoms with Gasteiger partial charge in [0, 0.05) is 11.8 Å². The number of aliphatic hydroxyl groups excluding tert-OH is 2. The lowest BCUT2D eigenvalue weighted by molar-refractivity contribution is -0.228. The fraction of sp³-hybridized carbons (Fsp3) is 0.789. The van der Waals surface area contributed by atoms with E-state index in [9.17, 15) is 19.8 Å². The van der Waals surface area contributed by atoms with Crippen LogP contribution in [0.25, 0.3) is 0 Å². The number of allylic oxidation sites excluding steroid dienone is 1. The molecule has 6 atom stereocenters. The summed E-state index contributed by atoms with van der Waals surface area (Å²) >= 11 is 0. The number of ether oxygens (including phenoxy) is 1. The molecule has 0 saturated carbocycles. The second-order valence-electron chi connectivity index (χ2n) is 7.91. The van der Waals surface area contributed by atoms with E-state index in [4.69, 9.17) is 4.74 Å². The molecule has 0 aromatic carbocycles. The molecule has 3 unspecified atom stereocenters. The first-order valence-electron chi connectivity index (χ1n) is 9.41. The second-order valence-corrected chi connectivity index (χ2v) is 7.91. The van der Waals surface area contributed by atoms with Gasteiger partial charge in [0.15, 0.2) is 11.1 Å². The lowest BCUT2D eigenvalue weighted by Gasteiger charge is -2.55. The highest BCUT2D eigenvalue weighted by atomic mass is 16.6. The van der Waals surface area contributed by atoms with Crippen molar-refractivity contribution in [3.63, 3.8) is 0 Å². The molecule has 25 heavy (non-hydrogen) atoms. The molecule has 2 aliphatic heterocycles. The molecular formula is C19H29NO5. The number of carbonyl (C=O) groups excluding carboxylic acids is 2. The first kappa shape index (κ1) is 18.4. The van der Waals surface area contributed by atoms with Gasteiger partial charge in [0.1, 0.15) is 0 Å².